The first kappa shape index (κ1) is 11.6. The van der Waals surface area contributed by atoms with E-state index in [2.05, 4.69) is 5.09 Å². The number of nitro groups is 1. The second-order valence-electron chi connectivity index (χ2n) is 3.10. The van der Waals surface area contributed by atoms with Crippen molar-refractivity contribution in [2.45, 2.75) is 6.92 Å². The molecule has 0 heterocycles. The molecule has 0 spiro atoms. The summed E-state index contributed by atoms with van der Waals surface area (Å²) in [5.74, 6) is 0. The summed E-state index contributed by atoms with van der Waals surface area (Å²) in [4.78, 5) is 10.1. The van der Waals surface area contributed by atoms with Crippen LogP contribution in [0.5, 0.6) is 0 Å². The van der Waals surface area contributed by atoms with Crippen LogP contribution >= 0.6 is 7.59 Å². The van der Waals surface area contributed by atoms with Gasteiger partial charge in [0.1, 0.15) is 5.69 Å². The van der Waals surface area contributed by atoms with E-state index in [9.17, 15) is 14.7 Å². The molecule has 15 heavy (non-hydrogen) atoms. The highest BCUT2D eigenvalue weighted by Crippen LogP contribution is 2.34. The molecule has 8 heteroatoms. The quantitative estimate of drug-likeness (QED) is 0.408. The molecule has 1 aromatic rings. The molecule has 1 aromatic carbocycles. The molecule has 0 fully saturated rings. The zero-order valence-corrected chi connectivity index (χ0v) is 8.90. The first-order chi connectivity index (χ1) is 6.79. The van der Waals surface area contributed by atoms with Crippen molar-refractivity contribution in [3.05, 3.63) is 33.9 Å². The van der Waals surface area contributed by atoms with E-state index in [0.29, 0.717) is 0 Å². The highest BCUT2D eigenvalue weighted by Gasteiger charge is 2.18. The summed E-state index contributed by atoms with van der Waals surface area (Å²) in [5, 5.41) is 12.9. The molecular weight excluding hydrogens is 219 g/mol. The second kappa shape index (κ2) is 3.98. The third-order valence-electron chi connectivity index (χ3n) is 1.65. The molecule has 0 amide bonds. The van der Waals surface area contributed by atoms with E-state index in [-0.39, 0.29) is 11.4 Å². The van der Waals surface area contributed by atoms with Gasteiger partial charge in [-0.2, -0.15) is 0 Å². The maximum Gasteiger partial charge on any atom is 0.298 e. The lowest BCUT2D eigenvalue weighted by Gasteiger charge is -2.10. The van der Waals surface area contributed by atoms with Crippen LogP contribution in [0.2, 0.25) is 0 Å². The van der Waals surface area contributed by atoms with Gasteiger partial charge >= 0.3 is 0 Å². The fourth-order valence-corrected chi connectivity index (χ4v) is 1.64. The molecule has 0 unspecified atom stereocenters. The average Bonchev–Trinajstić information content (AvgIpc) is 2.05. The molecule has 0 aliphatic rings. The van der Waals surface area contributed by atoms with Gasteiger partial charge in [0, 0.05) is 6.07 Å². The number of hydrogen-bond acceptors (Lipinski definition) is 3. The fraction of sp³-hybridized carbons (Fsp3) is 0.143. The van der Waals surface area contributed by atoms with Crippen LogP contribution in [-0.4, -0.2) is 4.92 Å². The molecule has 0 radical (unpaired) electrons. The number of nitro benzene ring substituents is 1. The summed E-state index contributed by atoms with van der Waals surface area (Å²) in [6.07, 6.45) is 0. The van der Waals surface area contributed by atoms with Gasteiger partial charge in [-0.3, -0.25) is 25.7 Å². The standard InChI is InChI=1S/C7H11N4O3P/c1-5-2-3-6(10-15(8,9)14)7(4-5)11(12)13/h2-4H,1H3,(H5,8,9,10,14). The van der Waals surface area contributed by atoms with Gasteiger partial charge in [0.15, 0.2) is 0 Å². The normalized spacial score (nSPS) is 11.1. The molecule has 5 N–H and O–H groups in total. The van der Waals surface area contributed by atoms with Crippen molar-refractivity contribution >= 4 is 19.0 Å². The monoisotopic (exact) mass is 230 g/mol. The largest absolute Gasteiger partial charge is 0.307 e. The molecular formula is C7H11N4O3P. The van der Waals surface area contributed by atoms with Crippen LogP contribution in [0.1, 0.15) is 5.56 Å². The summed E-state index contributed by atoms with van der Waals surface area (Å²) in [5.41, 5.74) is 10.7. The lowest BCUT2D eigenvalue weighted by molar-refractivity contribution is -0.383. The van der Waals surface area contributed by atoms with Gasteiger partial charge in [-0.05, 0) is 18.6 Å². The lowest BCUT2D eigenvalue weighted by Crippen LogP contribution is -2.14. The highest BCUT2D eigenvalue weighted by atomic mass is 31.2. The number of benzene rings is 1. The number of aryl methyl sites for hydroxylation is 1. The van der Waals surface area contributed by atoms with Crippen molar-refractivity contribution < 1.29 is 9.49 Å². The Kier molecular flexibility index (Phi) is 3.09. The minimum atomic E-state index is -3.52. The van der Waals surface area contributed by atoms with Crippen LogP contribution in [0.15, 0.2) is 18.2 Å². The summed E-state index contributed by atoms with van der Waals surface area (Å²) in [7, 11) is -3.52. The van der Waals surface area contributed by atoms with Gasteiger partial charge in [-0.1, -0.05) is 6.07 Å². The van der Waals surface area contributed by atoms with Gasteiger partial charge in [0.25, 0.3) is 13.3 Å². The Morgan fingerprint density at radius 3 is 2.53 bits per heavy atom. The number of nitrogens with zero attached hydrogens (tertiary/aromatic N) is 1. The van der Waals surface area contributed by atoms with Crippen LogP contribution < -0.4 is 16.1 Å². The lowest BCUT2D eigenvalue weighted by atomic mass is 10.2. The summed E-state index contributed by atoms with van der Waals surface area (Å²) in [6.45, 7) is 1.71. The van der Waals surface area contributed by atoms with Crippen LogP contribution in [0.25, 0.3) is 0 Å². The number of rotatable bonds is 3. The first-order valence-electron chi connectivity index (χ1n) is 4.00. The molecule has 0 bridgehead atoms. The molecule has 0 saturated heterocycles. The predicted octanol–water partition coefficient (Wildman–Crippen LogP) is 1.34. The minimum Gasteiger partial charge on any atom is -0.307 e. The van der Waals surface area contributed by atoms with Crippen LogP contribution in [0, 0.1) is 17.0 Å². The minimum absolute atomic E-state index is 0.0546. The van der Waals surface area contributed by atoms with E-state index >= 15 is 0 Å². The molecule has 0 aromatic heterocycles. The van der Waals surface area contributed by atoms with Crippen molar-refractivity contribution in [1.82, 2.24) is 0 Å². The van der Waals surface area contributed by atoms with E-state index in [1.54, 1.807) is 13.0 Å². The molecule has 0 atom stereocenters. The SMILES string of the molecule is Cc1ccc(NP(N)(N)=O)c([N+](=O)[O-])c1. The van der Waals surface area contributed by atoms with Crippen LogP contribution in [0.3, 0.4) is 0 Å². The maximum atomic E-state index is 11.1. The Morgan fingerprint density at radius 1 is 1.47 bits per heavy atom. The zero-order chi connectivity index (χ0) is 11.6. The third-order valence-corrected chi connectivity index (χ3v) is 2.24. The number of nitrogens with one attached hydrogen (secondary N) is 1. The van der Waals surface area contributed by atoms with Gasteiger partial charge in [0.2, 0.25) is 0 Å². The highest BCUT2D eigenvalue weighted by molar-refractivity contribution is 7.60. The van der Waals surface area contributed by atoms with Crippen molar-refractivity contribution in [3.63, 3.8) is 0 Å². The van der Waals surface area contributed by atoms with Crippen LogP contribution in [0.4, 0.5) is 11.4 Å². The number of hydrogen-bond donors (Lipinski definition) is 3. The Labute approximate surface area is 86.1 Å². The fourth-order valence-electron chi connectivity index (χ4n) is 1.08. The molecule has 7 nitrogen and oxygen atoms in total. The van der Waals surface area contributed by atoms with Gasteiger partial charge < -0.3 is 5.09 Å². The predicted molar refractivity (Wildman–Crippen MR) is 57.4 cm³/mol. The molecule has 0 aliphatic heterocycles. The third kappa shape index (κ3) is 3.32. The van der Waals surface area contributed by atoms with E-state index in [1.807, 2.05) is 0 Å². The molecule has 0 aliphatic carbocycles. The van der Waals surface area contributed by atoms with Gasteiger partial charge in [-0.25, -0.2) is 0 Å². The molecule has 1 rings (SSSR count). The van der Waals surface area contributed by atoms with Crippen molar-refractivity contribution in [3.8, 4) is 0 Å². The Balaban J connectivity index is 3.18. The van der Waals surface area contributed by atoms with Crippen molar-refractivity contribution in [1.29, 1.82) is 0 Å². The average molecular weight is 230 g/mol. The summed E-state index contributed by atoms with van der Waals surface area (Å²) in [6, 6.07) is 4.39. The van der Waals surface area contributed by atoms with Crippen molar-refractivity contribution in [2.75, 3.05) is 5.09 Å². The summed E-state index contributed by atoms with van der Waals surface area (Å²) >= 11 is 0. The number of nitrogens with two attached hydrogens (primary N) is 2. The molecule has 0 saturated carbocycles. The Bertz CT molecular complexity index is 442. The van der Waals surface area contributed by atoms with Crippen LogP contribution in [-0.2, 0) is 4.57 Å². The van der Waals surface area contributed by atoms with E-state index in [1.165, 1.54) is 12.1 Å². The first-order valence-corrected chi connectivity index (χ1v) is 5.84. The van der Waals surface area contributed by atoms with E-state index < -0.39 is 12.5 Å². The van der Waals surface area contributed by atoms with Crippen molar-refractivity contribution in [2.24, 2.45) is 11.0 Å². The Morgan fingerprint density at radius 2 is 2.07 bits per heavy atom. The second-order valence-corrected chi connectivity index (χ2v) is 4.74. The van der Waals surface area contributed by atoms with E-state index in [0.717, 1.165) is 5.56 Å². The number of anilines is 1. The zero-order valence-electron chi connectivity index (χ0n) is 8.01. The Hall–Kier alpha value is -1.43. The van der Waals surface area contributed by atoms with Gasteiger partial charge in [0.05, 0.1) is 4.92 Å². The summed E-state index contributed by atoms with van der Waals surface area (Å²) < 4.78 is 11.1. The maximum absolute atomic E-state index is 11.1. The van der Waals surface area contributed by atoms with Gasteiger partial charge in [-0.15, -0.1) is 0 Å². The molecule has 82 valence electrons. The topological polar surface area (TPSA) is 124 Å². The smallest absolute Gasteiger partial charge is 0.298 e. The van der Waals surface area contributed by atoms with E-state index in [4.69, 9.17) is 11.0 Å².